The minimum absolute atomic E-state index is 0.0581. The van der Waals surface area contributed by atoms with Crippen molar-refractivity contribution in [3.8, 4) is 17.2 Å². The number of hydrogen-bond acceptors (Lipinski definition) is 8. The Hall–Kier alpha value is -4.45. The van der Waals surface area contributed by atoms with Crippen LogP contribution < -0.4 is 19.1 Å². The minimum atomic E-state index is -0.671. The van der Waals surface area contributed by atoms with Crippen LogP contribution in [0.3, 0.4) is 0 Å². The number of hydrogen-bond donors (Lipinski definition) is 2. The number of H-pyrrole nitrogens is 2. The van der Waals surface area contributed by atoms with Gasteiger partial charge in [0.25, 0.3) is 11.6 Å². The van der Waals surface area contributed by atoms with Crippen LogP contribution in [0.2, 0.25) is 0 Å². The Morgan fingerprint density at radius 2 is 1.74 bits per heavy atom. The summed E-state index contributed by atoms with van der Waals surface area (Å²) in [4.78, 5) is 44.7. The molecule has 0 aliphatic carbocycles. The maximum atomic E-state index is 13.8. The van der Waals surface area contributed by atoms with Gasteiger partial charge < -0.3 is 33.8 Å². The van der Waals surface area contributed by atoms with E-state index < -0.39 is 16.8 Å². The number of nitro benzene ring substituents is 1. The molecule has 1 atom stereocenters. The molecule has 4 aromatic rings. The number of aromatic amines is 2. The van der Waals surface area contributed by atoms with Crippen molar-refractivity contribution in [1.82, 2.24) is 9.97 Å². The predicted octanol–water partition coefficient (Wildman–Crippen LogP) is 4.35. The fourth-order valence-electron chi connectivity index (χ4n) is 5.04. The van der Waals surface area contributed by atoms with Gasteiger partial charge in [-0.2, -0.15) is 0 Å². The number of nitro groups is 1. The van der Waals surface area contributed by atoms with Gasteiger partial charge in [0.1, 0.15) is 16.9 Å². The van der Waals surface area contributed by atoms with Crippen LogP contribution in [-0.4, -0.2) is 67.6 Å². The van der Waals surface area contributed by atoms with Crippen molar-refractivity contribution in [2.45, 2.75) is 5.92 Å². The molecule has 0 radical (unpaired) electrons. The summed E-state index contributed by atoms with van der Waals surface area (Å²) in [6.07, 6.45) is 0. The van der Waals surface area contributed by atoms with E-state index in [1.165, 1.54) is 45.5 Å². The summed E-state index contributed by atoms with van der Waals surface area (Å²) in [6, 6.07) is 6.18. The van der Waals surface area contributed by atoms with Crippen molar-refractivity contribution in [1.29, 1.82) is 0 Å². The highest BCUT2D eigenvalue weighted by Gasteiger charge is 2.38. The summed E-state index contributed by atoms with van der Waals surface area (Å²) in [7, 11) is 5.67. The first-order valence-electron chi connectivity index (χ1n) is 11.4. The van der Waals surface area contributed by atoms with Gasteiger partial charge in [-0.05, 0) is 23.8 Å². The molecule has 13 heteroatoms. The second-order valence-corrected chi connectivity index (χ2v) is 8.92. The molecule has 0 saturated carbocycles. The summed E-state index contributed by atoms with van der Waals surface area (Å²) in [5, 5.41) is 13.0. The van der Waals surface area contributed by atoms with Crippen LogP contribution in [0.1, 0.15) is 32.5 Å². The van der Waals surface area contributed by atoms with Gasteiger partial charge in [-0.1, -0.05) is 0 Å². The molecule has 1 aliphatic heterocycles. The molecule has 38 heavy (non-hydrogen) atoms. The molecule has 5 rings (SSSR count). The third kappa shape index (κ3) is 3.67. The SMILES string of the molecule is COC(=O)c1cc2c3c(cc([N+](=O)[O-])c2[nH]1)N(C(=O)c1cc2cc(OC)c(OC)c(OC)c2[nH]1)CC3CCl. The Balaban J connectivity index is 1.67. The number of methoxy groups -OCH3 is 4. The Bertz CT molecular complexity index is 1630. The topological polar surface area (TPSA) is 149 Å². The van der Waals surface area contributed by atoms with Gasteiger partial charge in [-0.15, -0.1) is 11.6 Å². The maximum Gasteiger partial charge on any atom is 0.354 e. The molecule has 0 bridgehead atoms. The molecule has 2 aromatic carbocycles. The third-order valence-electron chi connectivity index (χ3n) is 6.70. The third-order valence-corrected chi connectivity index (χ3v) is 7.07. The largest absolute Gasteiger partial charge is 0.493 e. The van der Waals surface area contributed by atoms with E-state index in [4.69, 9.17) is 30.5 Å². The van der Waals surface area contributed by atoms with Crippen LogP contribution in [0, 0.1) is 10.1 Å². The standard InChI is InChI=1S/C25H23ClN4O8/c1-35-18-6-11-5-14(27-20(11)23(37-3)22(18)36-2)24(31)29-10-12(9-26)19-13-7-15(25(32)38-4)28-21(13)17(30(33)34)8-16(19)29/h5-8,12,27-28H,9-10H2,1-4H3. The van der Waals surface area contributed by atoms with Crippen LogP contribution in [0.25, 0.3) is 21.8 Å². The van der Waals surface area contributed by atoms with E-state index in [-0.39, 0.29) is 40.9 Å². The van der Waals surface area contributed by atoms with Gasteiger partial charge >= 0.3 is 5.97 Å². The molecule has 1 unspecified atom stereocenters. The van der Waals surface area contributed by atoms with Crippen molar-refractivity contribution in [2.24, 2.45) is 0 Å². The zero-order valence-electron chi connectivity index (χ0n) is 20.8. The Kier molecular flexibility index (Phi) is 6.27. The number of rotatable bonds is 7. The van der Waals surface area contributed by atoms with Crippen molar-refractivity contribution in [3.05, 3.63) is 51.3 Å². The maximum absolute atomic E-state index is 13.8. The van der Waals surface area contributed by atoms with E-state index in [2.05, 4.69) is 9.97 Å². The number of aromatic nitrogens is 2. The summed E-state index contributed by atoms with van der Waals surface area (Å²) in [5.41, 5.74) is 1.66. The molecule has 0 fully saturated rings. The number of benzene rings is 2. The van der Waals surface area contributed by atoms with E-state index in [1.807, 2.05) is 0 Å². The number of ether oxygens (including phenoxy) is 4. The molecule has 1 aliphatic rings. The van der Waals surface area contributed by atoms with Gasteiger partial charge in [0, 0.05) is 35.2 Å². The van der Waals surface area contributed by atoms with Crippen molar-refractivity contribution < 1.29 is 33.5 Å². The molecular weight excluding hydrogens is 520 g/mol. The van der Waals surface area contributed by atoms with E-state index in [9.17, 15) is 19.7 Å². The number of nitrogens with one attached hydrogen (secondary N) is 2. The average Bonchev–Trinajstić information content (AvgIpc) is 3.64. The number of nitrogens with zero attached hydrogens (tertiary/aromatic N) is 2. The van der Waals surface area contributed by atoms with E-state index in [0.717, 1.165) is 0 Å². The minimum Gasteiger partial charge on any atom is -0.493 e. The highest BCUT2D eigenvalue weighted by Crippen LogP contribution is 2.47. The quantitative estimate of drug-likeness (QED) is 0.151. The lowest BCUT2D eigenvalue weighted by molar-refractivity contribution is -0.383. The first-order chi connectivity index (χ1) is 18.3. The summed E-state index contributed by atoms with van der Waals surface area (Å²) >= 11 is 6.30. The number of amides is 1. The second-order valence-electron chi connectivity index (χ2n) is 8.61. The smallest absolute Gasteiger partial charge is 0.354 e. The molecule has 0 spiro atoms. The zero-order chi connectivity index (χ0) is 27.3. The summed E-state index contributed by atoms with van der Waals surface area (Å²) in [6.45, 7) is 0.186. The normalized spacial score (nSPS) is 14.6. The monoisotopic (exact) mass is 542 g/mol. The lowest BCUT2D eigenvalue weighted by atomic mass is 9.98. The molecule has 2 N–H and O–H groups in total. The van der Waals surface area contributed by atoms with Crippen LogP contribution in [0.4, 0.5) is 11.4 Å². The number of esters is 1. The number of carbonyl (C=O) groups is 2. The van der Waals surface area contributed by atoms with Crippen molar-refractivity contribution in [2.75, 3.05) is 45.8 Å². The first kappa shape index (κ1) is 25.2. The number of non-ortho nitro benzene ring substituents is 1. The first-order valence-corrected chi connectivity index (χ1v) is 11.9. The highest BCUT2D eigenvalue weighted by atomic mass is 35.5. The number of fused-ring (bicyclic) bond motifs is 4. The van der Waals surface area contributed by atoms with E-state index in [0.29, 0.717) is 44.8 Å². The van der Waals surface area contributed by atoms with Gasteiger partial charge in [0.2, 0.25) is 5.75 Å². The average molecular weight is 543 g/mol. The van der Waals surface area contributed by atoms with Crippen molar-refractivity contribution in [3.63, 3.8) is 0 Å². The molecule has 198 valence electrons. The zero-order valence-corrected chi connectivity index (χ0v) is 21.6. The molecule has 1 amide bonds. The van der Waals surface area contributed by atoms with Gasteiger partial charge in [0.15, 0.2) is 11.5 Å². The number of halogens is 1. The fraction of sp³-hybridized carbons (Fsp3) is 0.280. The fourth-order valence-corrected chi connectivity index (χ4v) is 5.29. The number of anilines is 1. The van der Waals surface area contributed by atoms with Crippen LogP contribution in [0.5, 0.6) is 17.2 Å². The predicted molar refractivity (Wildman–Crippen MR) is 139 cm³/mol. The van der Waals surface area contributed by atoms with Gasteiger partial charge in [-0.3, -0.25) is 14.9 Å². The lowest BCUT2D eigenvalue weighted by Crippen LogP contribution is -2.30. The summed E-state index contributed by atoms with van der Waals surface area (Å²) < 4.78 is 21.1. The van der Waals surface area contributed by atoms with Gasteiger partial charge in [-0.25, -0.2) is 4.79 Å². The Morgan fingerprint density at radius 1 is 1.03 bits per heavy atom. The number of alkyl halides is 1. The molecule has 12 nitrogen and oxygen atoms in total. The van der Waals surface area contributed by atoms with Crippen molar-refractivity contribution >= 4 is 56.7 Å². The van der Waals surface area contributed by atoms with Crippen LogP contribution in [-0.2, 0) is 4.74 Å². The second kappa shape index (κ2) is 9.45. The molecule has 3 heterocycles. The molecular formula is C25H23ClN4O8. The van der Waals surface area contributed by atoms with Crippen LogP contribution >= 0.6 is 11.6 Å². The lowest BCUT2D eigenvalue weighted by Gasteiger charge is -2.17. The highest BCUT2D eigenvalue weighted by molar-refractivity contribution is 6.19. The molecule has 0 saturated heterocycles. The van der Waals surface area contributed by atoms with Crippen LogP contribution in [0.15, 0.2) is 24.3 Å². The Morgan fingerprint density at radius 3 is 2.34 bits per heavy atom. The van der Waals surface area contributed by atoms with Gasteiger partial charge in [0.05, 0.1) is 44.6 Å². The Labute approximate surface area is 220 Å². The van der Waals surface area contributed by atoms with E-state index >= 15 is 0 Å². The number of carbonyl (C=O) groups excluding carboxylic acids is 2. The molecule has 2 aromatic heterocycles. The van der Waals surface area contributed by atoms with E-state index in [1.54, 1.807) is 12.1 Å². The summed E-state index contributed by atoms with van der Waals surface area (Å²) in [5.74, 6) is -0.125.